The molecule has 3 heterocycles. The van der Waals surface area contributed by atoms with Crippen LogP contribution in [0.3, 0.4) is 0 Å². The van der Waals surface area contributed by atoms with Gasteiger partial charge in [-0.3, -0.25) is 14.5 Å². The van der Waals surface area contributed by atoms with Crippen molar-refractivity contribution >= 4 is 11.5 Å². The summed E-state index contributed by atoms with van der Waals surface area (Å²) in [6, 6.07) is 5.59. The standard InChI is InChI=1S/C22H29N7O3/c1-27(2)21-15(11-25-28(21)3)10-23-19-9-20(26-29(4)22(19)30)32-13-14-8-17(14)18-7-6-16(31-5)12-24-18/h6-7,9,11-12,14,17,23H,8,10,13H2,1-5H3/t14-,17+/m1/s1. The largest absolute Gasteiger partial charge is 0.495 e. The first kappa shape index (κ1) is 21.7. The van der Waals surface area contributed by atoms with Crippen LogP contribution >= 0.6 is 0 Å². The molecule has 0 radical (unpaired) electrons. The molecule has 0 amide bonds. The molecule has 3 aromatic heterocycles. The first-order chi connectivity index (χ1) is 15.4. The quantitative estimate of drug-likeness (QED) is 0.539. The Kier molecular flexibility index (Phi) is 6.02. The van der Waals surface area contributed by atoms with Crippen LogP contribution in [0.4, 0.5) is 11.5 Å². The van der Waals surface area contributed by atoms with Crippen LogP contribution in [0.5, 0.6) is 11.6 Å². The van der Waals surface area contributed by atoms with Gasteiger partial charge in [-0.2, -0.15) is 5.10 Å². The summed E-state index contributed by atoms with van der Waals surface area (Å²) < 4.78 is 14.2. The van der Waals surface area contributed by atoms with E-state index < -0.39 is 0 Å². The normalized spacial score (nSPS) is 17.2. The topological polar surface area (TPSA) is 99.3 Å². The zero-order valence-electron chi connectivity index (χ0n) is 19.1. The molecule has 4 rings (SSSR count). The highest BCUT2D eigenvalue weighted by Gasteiger charge is 2.40. The van der Waals surface area contributed by atoms with E-state index in [2.05, 4.69) is 20.5 Å². The van der Waals surface area contributed by atoms with Crippen molar-refractivity contribution in [3.05, 3.63) is 52.2 Å². The minimum absolute atomic E-state index is 0.209. The van der Waals surface area contributed by atoms with Crippen LogP contribution in [0.25, 0.3) is 0 Å². The molecular formula is C22H29N7O3. The number of hydrogen-bond donors (Lipinski definition) is 1. The number of anilines is 2. The molecule has 10 heteroatoms. The summed E-state index contributed by atoms with van der Waals surface area (Å²) >= 11 is 0. The minimum atomic E-state index is -0.209. The Morgan fingerprint density at radius 3 is 2.72 bits per heavy atom. The Hall–Kier alpha value is -3.56. The Morgan fingerprint density at radius 2 is 2.03 bits per heavy atom. The molecule has 0 spiro atoms. The fraction of sp³-hybridized carbons (Fsp3) is 0.455. The van der Waals surface area contributed by atoms with Gasteiger partial charge in [-0.25, -0.2) is 4.68 Å². The van der Waals surface area contributed by atoms with Crippen molar-refractivity contribution < 1.29 is 9.47 Å². The highest BCUT2D eigenvalue weighted by Crippen LogP contribution is 2.46. The predicted octanol–water partition coefficient (Wildman–Crippen LogP) is 1.78. The summed E-state index contributed by atoms with van der Waals surface area (Å²) in [7, 11) is 9.07. The van der Waals surface area contributed by atoms with E-state index in [-0.39, 0.29) is 5.56 Å². The summed E-state index contributed by atoms with van der Waals surface area (Å²) in [5.74, 6) is 2.90. The molecule has 1 aliphatic carbocycles. The van der Waals surface area contributed by atoms with E-state index in [4.69, 9.17) is 9.47 Å². The van der Waals surface area contributed by atoms with E-state index in [1.54, 1.807) is 37.3 Å². The second-order valence-electron chi connectivity index (χ2n) is 8.23. The number of methoxy groups -OCH3 is 1. The smallest absolute Gasteiger partial charge is 0.290 e. The summed E-state index contributed by atoms with van der Waals surface area (Å²) in [6.07, 6.45) is 4.55. The highest BCUT2D eigenvalue weighted by molar-refractivity contribution is 5.49. The van der Waals surface area contributed by atoms with Gasteiger partial charge in [-0.05, 0) is 18.6 Å². The lowest BCUT2D eigenvalue weighted by molar-refractivity contribution is 0.278. The van der Waals surface area contributed by atoms with E-state index in [9.17, 15) is 4.79 Å². The molecule has 10 nitrogen and oxygen atoms in total. The van der Waals surface area contributed by atoms with E-state index in [1.165, 1.54) is 4.68 Å². The molecule has 2 atom stereocenters. The lowest BCUT2D eigenvalue weighted by Crippen LogP contribution is -2.24. The summed E-state index contributed by atoms with van der Waals surface area (Å²) in [5, 5.41) is 11.8. The molecule has 32 heavy (non-hydrogen) atoms. The first-order valence-electron chi connectivity index (χ1n) is 10.5. The molecule has 0 saturated heterocycles. The average Bonchev–Trinajstić information content (AvgIpc) is 3.46. The van der Waals surface area contributed by atoms with Crippen LogP contribution in [0, 0.1) is 5.92 Å². The van der Waals surface area contributed by atoms with Gasteiger partial charge < -0.3 is 19.7 Å². The summed E-state index contributed by atoms with van der Waals surface area (Å²) in [6.45, 7) is 0.990. The molecular weight excluding hydrogens is 410 g/mol. The molecule has 1 aliphatic rings. The zero-order valence-corrected chi connectivity index (χ0v) is 19.1. The van der Waals surface area contributed by atoms with Crippen LogP contribution in [0.2, 0.25) is 0 Å². The second-order valence-corrected chi connectivity index (χ2v) is 8.23. The third-order valence-corrected chi connectivity index (χ3v) is 5.66. The van der Waals surface area contributed by atoms with E-state index in [1.807, 2.05) is 38.2 Å². The monoisotopic (exact) mass is 439 g/mol. The number of hydrogen-bond acceptors (Lipinski definition) is 8. The van der Waals surface area contributed by atoms with Gasteiger partial charge in [0, 0.05) is 63.9 Å². The van der Waals surface area contributed by atoms with Crippen molar-refractivity contribution in [3.63, 3.8) is 0 Å². The van der Waals surface area contributed by atoms with Crippen LogP contribution in [0.15, 0.2) is 35.4 Å². The molecule has 0 aliphatic heterocycles. The van der Waals surface area contributed by atoms with Crippen molar-refractivity contribution in [1.29, 1.82) is 0 Å². The Labute approximate surface area is 186 Å². The van der Waals surface area contributed by atoms with E-state index in [0.29, 0.717) is 36.6 Å². The maximum absolute atomic E-state index is 12.5. The number of nitrogens with one attached hydrogen (secondary N) is 1. The van der Waals surface area contributed by atoms with Crippen LogP contribution < -0.4 is 25.2 Å². The van der Waals surface area contributed by atoms with Gasteiger partial charge in [-0.1, -0.05) is 0 Å². The molecule has 1 saturated carbocycles. The fourth-order valence-corrected chi connectivity index (χ4v) is 3.87. The van der Waals surface area contributed by atoms with Crippen molar-refractivity contribution in [2.45, 2.75) is 18.9 Å². The summed E-state index contributed by atoms with van der Waals surface area (Å²) in [5.41, 5.74) is 2.27. The van der Waals surface area contributed by atoms with Crippen molar-refractivity contribution in [2.24, 2.45) is 20.0 Å². The molecule has 3 aromatic rings. The number of nitrogens with zero attached hydrogens (tertiary/aromatic N) is 6. The third kappa shape index (κ3) is 4.53. The Morgan fingerprint density at radius 1 is 1.22 bits per heavy atom. The molecule has 1 fully saturated rings. The number of aryl methyl sites for hydroxylation is 2. The predicted molar refractivity (Wildman–Crippen MR) is 121 cm³/mol. The highest BCUT2D eigenvalue weighted by atomic mass is 16.5. The first-order valence-corrected chi connectivity index (χ1v) is 10.5. The lowest BCUT2D eigenvalue weighted by Gasteiger charge is -2.16. The second kappa shape index (κ2) is 8.89. The van der Waals surface area contributed by atoms with Crippen LogP contribution in [0.1, 0.15) is 23.6 Å². The van der Waals surface area contributed by atoms with Gasteiger partial charge in [0.05, 0.1) is 26.1 Å². The number of ether oxygens (including phenoxy) is 2. The van der Waals surface area contributed by atoms with Gasteiger partial charge >= 0.3 is 0 Å². The minimum Gasteiger partial charge on any atom is -0.495 e. The fourth-order valence-electron chi connectivity index (χ4n) is 3.87. The number of rotatable bonds is 9. The molecule has 170 valence electrons. The van der Waals surface area contributed by atoms with Gasteiger partial charge in [0.2, 0.25) is 5.88 Å². The van der Waals surface area contributed by atoms with E-state index in [0.717, 1.165) is 29.2 Å². The molecule has 0 aromatic carbocycles. The number of pyridine rings is 1. The van der Waals surface area contributed by atoms with Gasteiger partial charge in [-0.15, -0.1) is 5.10 Å². The Balaban J connectivity index is 1.39. The molecule has 0 bridgehead atoms. The van der Waals surface area contributed by atoms with Crippen LogP contribution in [-0.4, -0.2) is 52.4 Å². The maximum atomic E-state index is 12.5. The van der Waals surface area contributed by atoms with Crippen molar-refractivity contribution in [2.75, 3.05) is 38.0 Å². The van der Waals surface area contributed by atoms with E-state index >= 15 is 0 Å². The zero-order chi connectivity index (χ0) is 22.8. The van der Waals surface area contributed by atoms with Gasteiger partial charge in [0.1, 0.15) is 17.3 Å². The van der Waals surface area contributed by atoms with Crippen molar-refractivity contribution in [1.82, 2.24) is 24.5 Å². The number of aromatic nitrogens is 5. The summed E-state index contributed by atoms with van der Waals surface area (Å²) in [4.78, 5) is 19.0. The van der Waals surface area contributed by atoms with Gasteiger partial charge in [0.25, 0.3) is 5.56 Å². The Bertz CT molecular complexity index is 1140. The van der Waals surface area contributed by atoms with Crippen molar-refractivity contribution in [3.8, 4) is 11.6 Å². The third-order valence-electron chi connectivity index (χ3n) is 5.66. The maximum Gasteiger partial charge on any atom is 0.290 e. The van der Waals surface area contributed by atoms with Gasteiger partial charge in [0.15, 0.2) is 0 Å². The van der Waals surface area contributed by atoms with Crippen LogP contribution in [-0.2, 0) is 20.6 Å². The lowest BCUT2D eigenvalue weighted by atomic mass is 10.2. The average molecular weight is 440 g/mol. The molecule has 0 unspecified atom stereocenters. The SMILES string of the molecule is COc1ccc([C@H]2C[C@@H]2COc2cc(NCc3cnn(C)c3N(C)C)c(=O)n(C)n2)nc1. The molecule has 1 N–H and O–H groups in total.